The number of ether oxygens (including phenoxy) is 2. The van der Waals surface area contributed by atoms with Crippen molar-refractivity contribution in [3.8, 4) is 0 Å². The molecule has 0 aromatic heterocycles. The lowest BCUT2D eigenvalue weighted by Crippen LogP contribution is -2.51. The van der Waals surface area contributed by atoms with E-state index in [9.17, 15) is 9.59 Å². The van der Waals surface area contributed by atoms with Gasteiger partial charge in [-0.05, 0) is 150 Å². The van der Waals surface area contributed by atoms with E-state index >= 15 is 0 Å². The zero-order valence-electron chi connectivity index (χ0n) is 35.6. The summed E-state index contributed by atoms with van der Waals surface area (Å²) >= 11 is 0. The van der Waals surface area contributed by atoms with Crippen LogP contribution >= 0.6 is 0 Å². The number of piperidine rings is 3. The summed E-state index contributed by atoms with van der Waals surface area (Å²) in [6, 6.07) is 1.36. The van der Waals surface area contributed by atoms with Gasteiger partial charge in [-0.2, -0.15) is 0 Å². The number of hydrogen-bond acceptors (Lipinski definition) is 9. The van der Waals surface area contributed by atoms with Crippen molar-refractivity contribution in [2.45, 2.75) is 131 Å². The van der Waals surface area contributed by atoms with Gasteiger partial charge in [0.15, 0.2) is 0 Å². The minimum absolute atomic E-state index is 0.126. The Balaban J connectivity index is 0.000000286. The van der Waals surface area contributed by atoms with Crippen LogP contribution in [0, 0.1) is 17.8 Å². The molecule has 4 rings (SSSR count). The molecule has 2 N–H and O–H groups in total. The van der Waals surface area contributed by atoms with Crippen molar-refractivity contribution in [3.63, 3.8) is 0 Å². The Morgan fingerprint density at radius 2 is 1.02 bits per heavy atom. The fourth-order valence-corrected chi connectivity index (χ4v) is 8.19. The molecule has 4 aliphatic heterocycles. The maximum atomic E-state index is 12.1. The number of rotatable bonds is 19. The molecule has 0 aromatic rings. The summed E-state index contributed by atoms with van der Waals surface area (Å²) in [5.41, 5.74) is 0. The lowest BCUT2D eigenvalue weighted by Gasteiger charge is -2.40. The van der Waals surface area contributed by atoms with Gasteiger partial charge in [0.25, 0.3) is 0 Å². The van der Waals surface area contributed by atoms with Crippen LogP contribution in [0.4, 0.5) is 0 Å². The number of nitrogens with one attached hydrogen (secondary N) is 2. The zero-order valence-corrected chi connectivity index (χ0v) is 35.6. The van der Waals surface area contributed by atoms with Crippen LogP contribution in [0.3, 0.4) is 0 Å². The first-order chi connectivity index (χ1) is 25.4. The predicted molar refractivity (Wildman–Crippen MR) is 218 cm³/mol. The number of likely N-dealkylation sites (tertiary alicyclic amines) is 3. The molecule has 11 nitrogen and oxygen atoms in total. The third-order valence-corrected chi connectivity index (χ3v) is 12.1. The number of hydrogen-bond donors (Lipinski definition) is 2. The largest absolute Gasteiger partial charge is 0.377 e. The summed E-state index contributed by atoms with van der Waals surface area (Å²) in [4.78, 5) is 36.9. The fraction of sp³-hybridized carbons (Fsp3) is 0.952. The summed E-state index contributed by atoms with van der Waals surface area (Å²) < 4.78 is 11.1. The zero-order chi connectivity index (χ0) is 38.6. The second-order valence-corrected chi connectivity index (χ2v) is 17.4. The Hall–Kier alpha value is -1.34. The molecule has 0 aromatic carbocycles. The van der Waals surface area contributed by atoms with Crippen molar-refractivity contribution >= 4 is 11.8 Å². The summed E-state index contributed by atoms with van der Waals surface area (Å²) in [5.74, 6) is 2.53. The highest BCUT2D eigenvalue weighted by molar-refractivity contribution is 5.78. The molecule has 0 saturated carbocycles. The molecule has 0 spiro atoms. The quantitative estimate of drug-likeness (QED) is 0.187. The first-order valence-electron chi connectivity index (χ1n) is 21.8. The predicted octanol–water partition coefficient (Wildman–Crippen LogP) is 4.41. The highest BCUT2D eigenvalue weighted by Crippen LogP contribution is 2.25. The standard InChI is InChI=1S/C22H43N3O2.C20H40N4O2/c1-5-19(4)27-15-10-23-22(26)16-20-6-11-24(12-7-20)17-21-8-13-25(14-9-21)18(2)3;1-17(2)24-12-10-23(11-13-24)15-19-5-8-22(9-6-19)16-20(25)21-7-14-26-18(3)4/h18-21H,5-17H2,1-4H3,(H,23,26);17-19H,5-16H2,1-4H3,(H,21,25). The number of carbonyl (C=O) groups excluding carboxylic acids is 2. The second kappa shape index (κ2) is 25.7. The van der Waals surface area contributed by atoms with Crippen LogP contribution in [0.1, 0.15) is 107 Å². The monoisotopic (exact) mass is 750 g/mol. The van der Waals surface area contributed by atoms with Gasteiger partial charge in [0.05, 0.1) is 32.0 Å². The first-order valence-corrected chi connectivity index (χ1v) is 21.8. The average molecular weight is 750 g/mol. The molecule has 310 valence electrons. The molecule has 4 heterocycles. The van der Waals surface area contributed by atoms with Crippen molar-refractivity contribution in [2.24, 2.45) is 17.8 Å². The fourth-order valence-electron chi connectivity index (χ4n) is 8.19. The average Bonchev–Trinajstić information content (AvgIpc) is 3.14. The van der Waals surface area contributed by atoms with Crippen molar-refractivity contribution < 1.29 is 19.1 Å². The van der Waals surface area contributed by atoms with E-state index in [4.69, 9.17) is 9.47 Å². The smallest absolute Gasteiger partial charge is 0.234 e. The van der Waals surface area contributed by atoms with Gasteiger partial charge >= 0.3 is 0 Å². The van der Waals surface area contributed by atoms with E-state index in [1.807, 2.05) is 13.8 Å². The van der Waals surface area contributed by atoms with Gasteiger partial charge in [-0.1, -0.05) is 6.92 Å². The molecular formula is C42H83N7O4. The van der Waals surface area contributed by atoms with Crippen molar-refractivity contribution in [1.82, 2.24) is 35.1 Å². The van der Waals surface area contributed by atoms with Gasteiger partial charge in [0.2, 0.25) is 11.8 Å². The molecule has 0 bridgehead atoms. The lowest BCUT2D eigenvalue weighted by molar-refractivity contribution is -0.123. The number of amides is 2. The second-order valence-electron chi connectivity index (χ2n) is 17.4. The summed E-state index contributed by atoms with van der Waals surface area (Å²) in [6.45, 7) is 34.7. The van der Waals surface area contributed by atoms with Gasteiger partial charge in [-0.3, -0.25) is 19.4 Å². The van der Waals surface area contributed by atoms with Gasteiger partial charge in [-0.15, -0.1) is 0 Å². The summed E-state index contributed by atoms with van der Waals surface area (Å²) in [5, 5.41) is 5.97. The molecule has 0 radical (unpaired) electrons. The van der Waals surface area contributed by atoms with Crippen LogP contribution in [0.15, 0.2) is 0 Å². The maximum absolute atomic E-state index is 12.1. The molecule has 11 heteroatoms. The van der Waals surface area contributed by atoms with Crippen molar-refractivity contribution in [1.29, 1.82) is 0 Å². The Labute approximate surface area is 325 Å². The van der Waals surface area contributed by atoms with Crippen LogP contribution in [-0.2, 0) is 19.1 Å². The van der Waals surface area contributed by atoms with Crippen LogP contribution in [0.25, 0.3) is 0 Å². The Kier molecular flexibility index (Phi) is 22.4. The summed E-state index contributed by atoms with van der Waals surface area (Å²) in [6.07, 6.45) is 9.67. The lowest BCUT2D eigenvalue weighted by atomic mass is 9.90. The third-order valence-electron chi connectivity index (χ3n) is 12.1. The van der Waals surface area contributed by atoms with Crippen LogP contribution in [0.2, 0.25) is 0 Å². The topological polar surface area (TPSA) is 92.9 Å². The van der Waals surface area contributed by atoms with E-state index in [1.165, 1.54) is 104 Å². The minimum Gasteiger partial charge on any atom is -0.377 e. The van der Waals surface area contributed by atoms with E-state index in [2.05, 4.69) is 76.7 Å². The molecule has 1 atom stereocenters. The molecule has 4 saturated heterocycles. The van der Waals surface area contributed by atoms with E-state index in [0.717, 1.165) is 31.3 Å². The SMILES string of the molecule is CC(C)OCCNC(=O)CN1CCC(CN2CCN(C(C)C)CC2)CC1.CCC(C)OCCNC(=O)CC1CCN(CC2CCN(C(C)C)CC2)CC1. The number of piperazine rings is 1. The molecule has 53 heavy (non-hydrogen) atoms. The van der Waals surface area contributed by atoms with E-state index < -0.39 is 0 Å². The maximum Gasteiger partial charge on any atom is 0.234 e. The van der Waals surface area contributed by atoms with Crippen molar-refractivity contribution in [3.05, 3.63) is 0 Å². The van der Waals surface area contributed by atoms with Gasteiger partial charge in [-0.25, -0.2) is 0 Å². The number of nitrogens with zero attached hydrogens (tertiary/aromatic N) is 5. The van der Waals surface area contributed by atoms with E-state index in [1.54, 1.807) is 0 Å². The molecule has 4 fully saturated rings. The van der Waals surface area contributed by atoms with Crippen LogP contribution < -0.4 is 10.6 Å². The Morgan fingerprint density at radius 3 is 1.55 bits per heavy atom. The molecular weight excluding hydrogens is 667 g/mol. The number of carbonyl (C=O) groups is 2. The first kappa shape index (κ1) is 46.0. The molecule has 1 unspecified atom stereocenters. The highest BCUT2D eigenvalue weighted by Gasteiger charge is 2.27. The Morgan fingerprint density at radius 1 is 0.566 bits per heavy atom. The molecule has 0 aliphatic carbocycles. The van der Waals surface area contributed by atoms with E-state index in [-0.39, 0.29) is 24.0 Å². The normalized spacial score (nSPS) is 21.9. The minimum atomic E-state index is 0.126. The summed E-state index contributed by atoms with van der Waals surface area (Å²) in [7, 11) is 0. The van der Waals surface area contributed by atoms with Crippen LogP contribution in [0.5, 0.6) is 0 Å². The van der Waals surface area contributed by atoms with Crippen LogP contribution in [-0.4, -0.2) is 172 Å². The molecule has 4 aliphatic rings. The third kappa shape index (κ3) is 19.4. The highest BCUT2D eigenvalue weighted by atomic mass is 16.5. The Bertz CT molecular complexity index is 969. The van der Waals surface area contributed by atoms with E-state index in [0.29, 0.717) is 57.3 Å². The molecule has 2 amide bonds. The van der Waals surface area contributed by atoms with Gasteiger partial charge < -0.3 is 34.8 Å². The van der Waals surface area contributed by atoms with Gasteiger partial charge in [0.1, 0.15) is 0 Å². The van der Waals surface area contributed by atoms with Crippen molar-refractivity contribution in [2.75, 3.05) is 111 Å². The van der Waals surface area contributed by atoms with Gasteiger partial charge in [0, 0.05) is 70.9 Å².